The summed E-state index contributed by atoms with van der Waals surface area (Å²) in [7, 11) is 0. The molecule has 3 rings (SSSR count). The maximum Gasteiger partial charge on any atom is 0.254 e. The predicted octanol–water partition coefficient (Wildman–Crippen LogP) is 4.60. The zero-order valence-corrected chi connectivity index (χ0v) is 15.3. The molecule has 1 amide bonds. The first kappa shape index (κ1) is 17.8. The minimum absolute atomic E-state index is 0.173. The van der Waals surface area contributed by atoms with Crippen LogP contribution in [0, 0.1) is 0 Å². The van der Waals surface area contributed by atoms with Gasteiger partial charge in [-0.25, -0.2) is 0 Å². The molecule has 0 aromatic heterocycles. The van der Waals surface area contributed by atoms with Gasteiger partial charge in [0.05, 0.1) is 0 Å². The monoisotopic (exact) mass is 348 g/mol. The van der Waals surface area contributed by atoms with Gasteiger partial charge in [0.2, 0.25) is 0 Å². The molecular weight excluding hydrogens is 320 g/mol. The summed E-state index contributed by atoms with van der Waals surface area (Å²) >= 11 is 5.95. The Kier molecular flexibility index (Phi) is 6.56. The van der Waals surface area contributed by atoms with E-state index in [1.54, 1.807) is 0 Å². The van der Waals surface area contributed by atoms with Crippen molar-refractivity contribution in [1.82, 2.24) is 9.80 Å². The van der Waals surface area contributed by atoms with Gasteiger partial charge in [-0.1, -0.05) is 24.4 Å². The Morgan fingerprint density at radius 2 is 1.62 bits per heavy atom. The number of piperidine rings is 1. The molecular formula is C20H29ClN2O. The highest BCUT2D eigenvalue weighted by molar-refractivity contribution is 6.30. The Hall–Kier alpha value is -1.06. The van der Waals surface area contributed by atoms with Gasteiger partial charge in [-0.05, 0) is 75.9 Å². The van der Waals surface area contributed by atoms with Gasteiger partial charge in [-0.15, -0.1) is 0 Å². The highest BCUT2D eigenvalue weighted by atomic mass is 35.5. The Labute approximate surface area is 151 Å². The van der Waals surface area contributed by atoms with Crippen LogP contribution in [0.25, 0.3) is 0 Å². The van der Waals surface area contributed by atoms with E-state index in [1.165, 1.54) is 45.2 Å². The van der Waals surface area contributed by atoms with Crippen LogP contribution in [-0.4, -0.2) is 47.9 Å². The molecule has 24 heavy (non-hydrogen) atoms. The van der Waals surface area contributed by atoms with Crippen molar-refractivity contribution in [2.24, 2.45) is 0 Å². The molecule has 2 saturated heterocycles. The molecule has 4 heteroatoms. The van der Waals surface area contributed by atoms with E-state index in [2.05, 4.69) is 9.80 Å². The number of halogens is 1. The number of benzene rings is 1. The van der Waals surface area contributed by atoms with Crippen molar-refractivity contribution in [3.63, 3.8) is 0 Å². The number of nitrogens with zero attached hydrogens (tertiary/aromatic N) is 2. The normalized spacial score (nSPS) is 23.0. The van der Waals surface area contributed by atoms with E-state index in [4.69, 9.17) is 11.6 Å². The number of hydrogen-bond acceptors (Lipinski definition) is 2. The molecule has 1 atom stereocenters. The lowest BCUT2D eigenvalue weighted by Gasteiger charge is -2.37. The fourth-order valence-corrected chi connectivity index (χ4v) is 4.14. The van der Waals surface area contributed by atoms with Crippen LogP contribution in [0.5, 0.6) is 0 Å². The quantitative estimate of drug-likeness (QED) is 0.793. The van der Waals surface area contributed by atoms with Gasteiger partial charge < -0.3 is 9.80 Å². The van der Waals surface area contributed by atoms with Crippen LogP contribution in [0.1, 0.15) is 61.7 Å². The molecule has 0 aliphatic carbocycles. The first-order chi connectivity index (χ1) is 11.7. The zero-order valence-electron chi connectivity index (χ0n) is 14.6. The van der Waals surface area contributed by atoms with Crippen LogP contribution < -0.4 is 0 Å². The van der Waals surface area contributed by atoms with E-state index >= 15 is 0 Å². The lowest BCUT2D eigenvalue weighted by Crippen LogP contribution is -2.45. The second-order valence-electron chi connectivity index (χ2n) is 7.20. The van der Waals surface area contributed by atoms with Crippen LogP contribution in [-0.2, 0) is 0 Å². The Morgan fingerprint density at radius 3 is 2.33 bits per heavy atom. The molecule has 0 radical (unpaired) electrons. The number of carbonyl (C=O) groups is 1. The lowest BCUT2D eigenvalue weighted by atomic mass is 9.98. The fraction of sp³-hybridized carbons (Fsp3) is 0.650. The molecule has 2 heterocycles. The Morgan fingerprint density at radius 1 is 0.958 bits per heavy atom. The average molecular weight is 349 g/mol. The molecule has 2 aliphatic heterocycles. The topological polar surface area (TPSA) is 23.6 Å². The van der Waals surface area contributed by atoms with E-state index in [0.717, 1.165) is 37.9 Å². The zero-order chi connectivity index (χ0) is 16.8. The van der Waals surface area contributed by atoms with Crippen molar-refractivity contribution >= 4 is 17.5 Å². The molecule has 1 aromatic carbocycles. The Bertz CT molecular complexity index is 523. The van der Waals surface area contributed by atoms with Crippen molar-refractivity contribution < 1.29 is 4.79 Å². The van der Waals surface area contributed by atoms with Crippen molar-refractivity contribution in [1.29, 1.82) is 0 Å². The minimum atomic E-state index is 0.173. The number of carbonyl (C=O) groups excluding carboxylic acids is 1. The predicted molar refractivity (Wildman–Crippen MR) is 99.7 cm³/mol. The van der Waals surface area contributed by atoms with E-state index in [1.807, 2.05) is 24.3 Å². The summed E-state index contributed by atoms with van der Waals surface area (Å²) in [5, 5.41) is 0.683. The molecule has 0 unspecified atom stereocenters. The van der Waals surface area contributed by atoms with Crippen molar-refractivity contribution in [3.8, 4) is 0 Å². The number of likely N-dealkylation sites (tertiary alicyclic amines) is 2. The number of rotatable bonds is 4. The molecule has 0 spiro atoms. The summed E-state index contributed by atoms with van der Waals surface area (Å²) in [5.74, 6) is 0.173. The number of amides is 1. The van der Waals surface area contributed by atoms with Gasteiger partial charge in [0.1, 0.15) is 0 Å². The van der Waals surface area contributed by atoms with Crippen LogP contribution in [0.4, 0.5) is 0 Å². The third-order valence-electron chi connectivity index (χ3n) is 5.46. The third kappa shape index (κ3) is 4.73. The SMILES string of the molecule is O=C(c1ccc(Cl)cc1)N1CCCC[C@H]1CCN1CCCCCC1. The molecule has 0 N–H and O–H groups in total. The minimum Gasteiger partial charge on any atom is -0.336 e. The highest BCUT2D eigenvalue weighted by Gasteiger charge is 2.27. The summed E-state index contributed by atoms with van der Waals surface area (Å²) < 4.78 is 0. The third-order valence-corrected chi connectivity index (χ3v) is 5.71. The Balaban J connectivity index is 1.60. The molecule has 132 valence electrons. The number of hydrogen-bond donors (Lipinski definition) is 0. The van der Waals surface area contributed by atoms with Crippen molar-refractivity contribution in [3.05, 3.63) is 34.9 Å². The van der Waals surface area contributed by atoms with Gasteiger partial charge in [-0.2, -0.15) is 0 Å². The van der Waals surface area contributed by atoms with Crippen LogP contribution in [0.15, 0.2) is 24.3 Å². The molecule has 2 aliphatic rings. The van der Waals surface area contributed by atoms with Crippen LogP contribution in [0.3, 0.4) is 0 Å². The first-order valence-corrected chi connectivity index (χ1v) is 9.91. The molecule has 0 bridgehead atoms. The molecule has 2 fully saturated rings. The maximum absolute atomic E-state index is 12.9. The second kappa shape index (κ2) is 8.87. The summed E-state index contributed by atoms with van der Waals surface area (Å²) in [4.78, 5) is 17.6. The van der Waals surface area contributed by atoms with E-state index in [0.29, 0.717) is 11.1 Å². The molecule has 0 saturated carbocycles. The molecule has 1 aromatic rings. The van der Waals surface area contributed by atoms with Crippen LogP contribution >= 0.6 is 11.6 Å². The van der Waals surface area contributed by atoms with E-state index in [9.17, 15) is 4.79 Å². The summed E-state index contributed by atoms with van der Waals surface area (Å²) in [6.07, 6.45) is 10.0. The van der Waals surface area contributed by atoms with Gasteiger partial charge in [0.25, 0.3) is 5.91 Å². The van der Waals surface area contributed by atoms with Gasteiger partial charge in [0.15, 0.2) is 0 Å². The van der Waals surface area contributed by atoms with Gasteiger partial charge in [0, 0.05) is 29.7 Å². The second-order valence-corrected chi connectivity index (χ2v) is 7.64. The van der Waals surface area contributed by atoms with Crippen LogP contribution in [0.2, 0.25) is 5.02 Å². The van der Waals surface area contributed by atoms with Gasteiger partial charge >= 0.3 is 0 Å². The van der Waals surface area contributed by atoms with Crippen molar-refractivity contribution in [2.45, 2.75) is 57.4 Å². The first-order valence-electron chi connectivity index (χ1n) is 9.53. The average Bonchev–Trinajstić information content (AvgIpc) is 2.89. The lowest BCUT2D eigenvalue weighted by molar-refractivity contribution is 0.0584. The van der Waals surface area contributed by atoms with E-state index in [-0.39, 0.29) is 5.91 Å². The molecule has 3 nitrogen and oxygen atoms in total. The standard InChI is InChI=1S/C20H29ClN2O/c21-18-10-8-17(9-11-18)20(24)23-15-6-3-7-19(23)12-16-22-13-4-1-2-5-14-22/h8-11,19H,1-7,12-16H2/t19-/m0/s1. The van der Waals surface area contributed by atoms with Crippen molar-refractivity contribution in [2.75, 3.05) is 26.2 Å². The van der Waals surface area contributed by atoms with E-state index < -0.39 is 0 Å². The smallest absolute Gasteiger partial charge is 0.254 e. The summed E-state index contributed by atoms with van der Waals surface area (Å²) in [5.41, 5.74) is 0.765. The maximum atomic E-state index is 12.9. The summed E-state index contributed by atoms with van der Waals surface area (Å²) in [6, 6.07) is 7.72. The highest BCUT2D eigenvalue weighted by Crippen LogP contribution is 2.23. The van der Waals surface area contributed by atoms with Gasteiger partial charge in [-0.3, -0.25) is 4.79 Å². The fourth-order valence-electron chi connectivity index (χ4n) is 4.02. The largest absolute Gasteiger partial charge is 0.336 e. The summed E-state index contributed by atoms with van der Waals surface area (Å²) in [6.45, 7) is 4.50.